The number of aromatic amines is 1. The standard InChI is InChI=1S/C3H4N2.Mg.2H2O.2H/c1-2-5-3-4-1;;;;;/h1-3H,(H,4,5);;2*1H2;;. The Morgan fingerprint density at radius 3 is 2.00 bits per heavy atom. The van der Waals surface area contributed by atoms with Crippen LogP contribution in [0.2, 0.25) is 0 Å². The van der Waals surface area contributed by atoms with Crippen LogP contribution in [0.25, 0.3) is 0 Å². The Morgan fingerprint density at radius 2 is 1.88 bits per heavy atom. The first kappa shape index (κ1) is 15.7. The number of hydrogen-bond acceptors (Lipinski definition) is 1. The van der Waals surface area contributed by atoms with Crippen LogP contribution in [0.3, 0.4) is 0 Å². The summed E-state index contributed by atoms with van der Waals surface area (Å²) in [6, 6.07) is 0. The fourth-order valence-corrected chi connectivity index (χ4v) is 0.215. The molecule has 0 saturated heterocycles. The monoisotopic (exact) mass is 130 g/mol. The molecule has 0 aliphatic heterocycles. The van der Waals surface area contributed by atoms with E-state index in [4.69, 9.17) is 0 Å². The Hall–Kier alpha value is -0.104. The molecule has 0 radical (unpaired) electrons. The Labute approximate surface area is 63.1 Å². The van der Waals surface area contributed by atoms with Gasteiger partial charge in [-0.1, -0.05) is 0 Å². The minimum absolute atomic E-state index is 0. The van der Waals surface area contributed by atoms with Crippen LogP contribution in [0.15, 0.2) is 18.7 Å². The molecule has 0 spiro atoms. The Balaban J connectivity index is -0.0000000833. The lowest BCUT2D eigenvalue weighted by molar-refractivity contribution is 0.823. The van der Waals surface area contributed by atoms with E-state index in [1.807, 2.05) is 0 Å². The summed E-state index contributed by atoms with van der Waals surface area (Å²) >= 11 is 0. The lowest BCUT2D eigenvalue weighted by atomic mass is 11.0. The summed E-state index contributed by atoms with van der Waals surface area (Å²) in [6.07, 6.45) is 5.08. The minimum Gasteiger partial charge on any atom is -0.412 e. The molecule has 0 bridgehead atoms. The van der Waals surface area contributed by atoms with E-state index < -0.39 is 0 Å². The van der Waals surface area contributed by atoms with Crippen LogP contribution in [0.5, 0.6) is 0 Å². The Kier molecular flexibility index (Phi) is 19.6. The molecule has 4 nitrogen and oxygen atoms in total. The molecular formula is C3H10MgN2O2. The molecule has 0 saturated carbocycles. The van der Waals surface area contributed by atoms with E-state index in [1.54, 1.807) is 18.7 Å². The van der Waals surface area contributed by atoms with Gasteiger partial charge in [0.15, 0.2) is 0 Å². The lowest BCUT2D eigenvalue weighted by Gasteiger charge is -1.46. The first-order valence-electron chi connectivity index (χ1n) is 1.43. The molecule has 1 aromatic rings. The second-order valence-corrected chi connectivity index (χ2v) is 0.761. The van der Waals surface area contributed by atoms with Gasteiger partial charge in [-0.15, -0.1) is 0 Å². The second-order valence-electron chi connectivity index (χ2n) is 0.761. The quantitative estimate of drug-likeness (QED) is 0.398. The molecule has 1 heterocycles. The first-order valence-corrected chi connectivity index (χ1v) is 1.43. The maximum Gasteiger partial charge on any atom is 0.316 e. The lowest BCUT2D eigenvalue weighted by Crippen LogP contribution is -1.44. The minimum atomic E-state index is 0. The van der Waals surface area contributed by atoms with E-state index in [-0.39, 0.29) is 34.0 Å². The number of rotatable bonds is 0. The number of H-pyrrole nitrogens is 1. The van der Waals surface area contributed by atoms with Gasteiger partial charge in [0, 0.05) is 12.4 Å². The largest absolute Gasteiger partial charge is 0.412 e. The van der Waals surface area contributed by atoms with E-state index >= 15 is 0 Å². The zero-order valence-electron chi connectivity index (χ0n) is 3.68. The van der Waals surface area contributed by atoms with Crippen molar-refractivity contribution in [3.05, 3.63) is 18.7 Å². The van der Waals surface area contributed by atoms with Crippen molar-refractivity contribution >= 4 is 23.1 Å². The molecule has 0 aliphatic rings. The summed E-state index contributed by atoms with van der Waals surface area (Å²) in [5, 5.41) is 0. The maximum atomic E-state index is 3.67. The van der Waals surface area contributed by atoms with Crippen molar-refractivity contribution in [2.45, 2.75) is 0 Å². The van der Waals surface area contributed by atoms with E-state index in [0.29, 0.717) is 0 Å². The number of hydrogen-bond donors (Lipinski definition) is 1. The van der Waals surface area contributed by atoms with E-state index in [0.717, 1.165) is 0 Å². The fourth-order valence-electron chi connectivity index (χ4n) is 0.215. The smallest absolute Gasteiger partial charge is 0.316 e. The van der Waals surface area contributed by atoms with Crippen molar-refractivity contribution in [1.29, 1.82) is 0 Å². The van der Waals surface area contributed by atoms with Crippen LogP contribution < -0.4 is 0 Å². The van der Waals surface area contributed by atoms with E-state index in [9.17, 15) is 0 Å². The SMILES string of the molecule is O.O.[MgH2].c1c[nH]cn1. The predicted octanol–water partition coefficient (Wildman–Crippen LogP) is -2.16. The highest BCUT2D eigenvalue weighted by Crippen LogP contribution is 1.62. The van der Waals surface area contributed by atoms with Gasteiger partial charge in [0.1, 0.15) is 0 Å². The Morgan fingerprint density at radius 1 is 1.25 bits per heavy atom. The van der Waals surface area contributed by atoms with Gasteiger partial charge in [-0.25, -0.2) is 4.98 Å². The molecule has 0 atom stereocenters. The summed E-state index contributed by atoms with van der Waals surface area (Å²) in [5.74, 6) is 0. The highest BCUT2D eigenvalue weighted by Gasteiger charge is 1.56. The molecule has 0 fully saturated rings. The van der Waals surface area contributed by atoms with Crippen LogP contribution in [0.1, 0.15) is 0 Å². The topological polar surface area (TPSA) is 91.7 Å². The summed E-state index contributed by atoms with van der Waals surface area (Å²) in [6.45, 7) is 0. The molecule has 0 amide bonds. The van der Waals surface area contributed by atoms with Gasteiger partial charge in [0.05, 0.1) is 6.33 Å². The average molecular weight is 130 g/mol. The van der Waals surface area contributed by atoms with Gasteiger partial charge < -0.3 is 15.9 Å². The number of imidazole rings is 1. The average Bonchev–Trinajstić information content (AvgIpc) is 1.76. The molecule has 5 N–H and O–H groups in total. The summed E-state index contributed by atoms with van der Waals surface area (Å²) in [5.41, 5.74) is 0. The molecule has 8 heavy (non-hydrogen) atoms. The van der Waals surface area contributed by atoms with Gasteiger partial charge in [0.2, 0.25) is 0 Å². The van der Waals surface area contributed by atoms with Crippen molar-refractivity contribution < 1.29 is 11.0 Å². The first-order chi connectivity index (χ1) is 2.50. The normalized spacial score (nSPS) is 5.00. The molecule has 0 unspecified atom stereocenters. The van der Waals surface area contributed by atoms with Gasteiger partial charge in [-0.05, 0) is 0 Å². The number of aromatic nitrogens is 2. The predicted molar refractivity (Wildman–Crippen MR) is 34.4 cm³/mol. The van der Waals surface area contributed by atoms with Crippen LogP contribution in [0.4, 0.5) is 0 Å². The van der Waals surface area contributed by atoms with Crippen molar-refractivity contribution in [2.75, 3.05) is 0 Å². The molecule has 1 rings (SSSR count). The van der Waals surface area contributed by atoms with Crippen LogP contribution >= 0.6 is 0 Å². The van der Waals surface area contributed by atoms with Gasteiger partial charge in [0.25, 0.3) is 0 Å². The van der Waals surface area contributed by atoms with E-state index in [1.165, 1.54) is 0 Å². The fraction of sp³-hybridized carbons (Fsp3) is 0. The van der Waals surface area contributed by atoms with Crippen molar-refractivity contribution in [1.82, 2.24) is 9.97 Å². The molecular weight excluding hydrogens is 120 g/mol. The Bertz CT molecular complexity index is 71.8. The van der Waals surface area contributed by atoms with Crippen LogP contribution in [0, 0.1) is 0 Å². The third-order valence-corrected chi connectivity index (χ3v) is 0.406. The summed E-state index contributed by atoms with van der Waals surface area (Å²) < 4.78 is 0. The highest BCUT2D eigenvalue weighted by molar-refractivity contribution is 5.75. The zero-order chi connectivity index (χ0) is 3.54. The van der Waals surface area contributed by atoms with Crippen molar-refractivity contribution in [2.24, 2.45) is 0 Å². The zero-order valence-corrected chi connectivity index (χ0v) is 3.68. The van der Waals surface area contributed by atoms with Gasteiger partial charge in [-0.2, -0.15) is 0 Å². The van der Waals surface area contributed by atoms with Gasteiger partial charge in [-0.3, -0.25) is 0 Å². The number of nitrogens with one attached hydrogen (secondary N) is 1. The molecule has 1 aromatic heterocycles. The van der Waals surface area contributed by atoms with Crippen LogP contribution in [-0.2, 0) is 0 Å². The third-order valence-electron chi connectivity index (χ3n) is 0.406. The summed E-state index contributed by atoms with van der Waals surface area (Å²) in [7, 11) is 0. The van der Waals surface area contributed by atoms with E-state index in [2.05, 4.69) is 9.97 Å². The molecule has 0 aliphatic carbocycles. The highest BCUT2D eigenvalue weighted by atomic mass is 24.3. The maximum absolute atomic E-state index is 3.67. The second kappa shape index (κ2) is 10.0. The molecule has 0 aromatic carbocycles. The molecule has 46 valence electrons. The van der Waals surface area contributed by atoms with Crippen LogP contribution in [-0.4, -0.2) is 44.0 Å². The molecule has 5 heteroatoms. The van der Waals surface area contributed by atoms with Crippen molar-refractivity contribution in [3.8, 4) is 0 Å². The third kappa shape index (κ3) is 5.90. The van der Waals surface area contributed by atoms with Gasteiger partial charge >= 0.3 is 23.1 Å². The van der Waals surface area contributed by atoms with Crippen molar-refractivity contribution in [3.63, 3.8) is 0 Å². The number of nitrogens with zero attached hydrogens (tertiary/aromatic N) is 1. The summed E-state index contributed by atoms with van der Waals surface area (Å²) in [4.78, 5) is 6.42.